The molecule has 1 aromatic rings. The van der Waals surface area contributed by atoms with Crippen molar-refractivity contribution in [3.8, 4) is 0 Å². The largest absolute Gasteiger partial charge is 0.394 e. The van der Waals surface area contributed by atoms with Crippen LogP contribution in [0, 0.1) is 0 Å². The summed E-state index contributed by atoms with van der Waals surface area (Å²) in [5.74, 6) is -0.266. The van der Waals surface area contributed by atoms with E-state index in [4.69, 9.17) is 10.8 Å². The molecule has 1 aromatic heterocycles. The molecule has 0 spiro atoms. The number of primary amides is 1. The molecule has 6 heteroatoms. The van der Waals surface area contributed by atoms with Gasteiger partial charge in [0.05, 0.1) is 19.3 Å². The number of nitrogens with zero attached hydrogens (tertiary/aromatic N) is 2. The highest BCUT2D eigenvalue weighted by Gasteiger charge is 1.98. The van der Waals surface area contributed by atoms with Crippen molar-refractivity contribution < 1.29 is 9.90 Å². The second kappa shape index (κ2) is 6.97. The first-order chi connectivity index (χ1) is 7.72. The average molecular weight is 226 g/mol. The Bertz CT molecular complexity index is 324. The maximum Gasteiger partial charge on any atom is 0.217 e. The molecular weight excluding hydrogens is 208 g/mol. The number of carbonyl (C=O) groups is 1. The van der Waals surface area contributed by atoms with Crippen LogP contribution in [0.2, 0.25) is 0 Å². The number of rotatable bonds is 8. The number of amides is 1. The molecule has 0 aliphatic heterocycles. The van der Waals surface area contributed by atoms with Crippen LogP contribution in [0.15, 0.2) is 12.4 Å². The third-order valence-corrected chi connectivity index (χ3v) is 2.12. The van der Waals surface area contributed by atoms with Gasteiger partial charge in [-0.25, -0.2) is 0 Å². The zero-order valence-corrected chi connectivity index (χ0v) is 9.22. The lowest BCUT2D eigenvalue weighted by Crippen LogP contribution is -2.17. The molecule has 6 nitrogen and oxygen atoms in total. The lowest BCUT2D eigenvalue weighted by molar-refractivity contribution is -0.118. The molecule has 16 heavy (non-hydrogen) atoms. The van der Waals surface area contributed by atoms with Gasteiger partial charge in [-0.3, -0.25) is 9.48 Å². The highest BCUT2D eigenvalue weighted by atomic mass is 16.3. The molecule has 1 heterocycles. The second-order valence-electron chi connectivity index (χ2n) is 3.58. The monoisotopic (exact) mass is 226 g/mol. The zero-order chi connectivity index (χ0) is 11.8. The van der Waals surface area contributed by atoms with Crippen molar-refractivity contribution in [2.24, 2.45) is 5.73 Å². The van der Waals surface area contributed by atoms with E-state index in [2.05, 4.69) is 10.4 Å². The first-order valence-corrected chi connectivity index (χ1v) is 5.33. The molecule has 4 N–H and O–H groups in total. The van der Waals surface area contributed by atoms with Gasteiger partial charge in [0, 0.05) is 24.7 Å². The van der Waals surface area contributed by atoms with Crippen molar-refractivity contribution in [3.05, 3.63) is 18.0 Å². The number of nitrogens with one attached hydrogen (secondary N) is 1. The molecule has 0 saturated heterocycles. The topological polar surface area (TPSA) is 93.2 Å². The minimum absolute atomic E-state index is 0.0904. The molecule has 0 radical (unpaired) electrons. The van der Waals surface area contributed by atoms with E-state index in [0.29, 0.717) is 19.5 Å². The summed E-state index contributed by atoms with van der Waals surface area (Å²) >= 11 is 0. The van der Waals surface area contributed by atoms with Crippen molar-refractivity contribution in [1.29, 1.82) is 0 Å². The van der Waals surface area contributed by atoms with E-state index in [1.54, 1.807) is 10.9 Å². The van der Waals surface area contributed by atoms with Gasteiger partial charge in [0.25, 0.3) is 0 Å². The highest BCUT2D eigenvalue weighted by molar-refractivity contribution is 5.73. The molecule has 0 bridgehead atoms. The first kappa shape index (κ1) is 12.7. The zero-order valence-electron chi connectivity index (χ0n) is 9.22. The predicted molar refractivity (Wildman–Crippen MR) is 59.4 cm³/mol. The Morgan fingerprint density at radius 2 is 2.44 bits per heavy atom. The Balaban J connectivity index is 2.14. The van der Waals surface area contributed by atoms with Crippen molar-refractivity contribution in [2.45, 2.75) is 25.9 Å². The molecule has 0 aliphatic rings. The van der Waals surface area contributed by atoms with Gasteiger partial charge in [-0.2, -0.15) is 5.10 Å². The lowest BCUT2D eigenvalue weighted by Gasteiger charge is -2.01. The number of aliphatic hydroxyl groups excluding tert-OH is 1. The van der Waals surface area contributed by atoms with Crippen molar-refractivity contribution in [1.82, 2.24) is 15.1 Å². The summed E-state index contributed by atoms with van der Waals surface area (Å²) in [4.78, 5) is 10.5. The molecule has 0 aromatic carbocycles. The summed E-state index contributed by atoms with van der Waals surface area (Å²) in [6.07, 6.45) is 4.81. The summed E-state index contributed by atoms with van der Waals surface area (Å²) in [5, 5.41) is 16.0. The van der Waals surface area contributed by atoms with Crippen LogP contribution in [0.1, 0.15) is 18.4 Å². The Hall–Kier alpha value is -1.40. The summed E-state index contributed by atoms with van der Waals surface area (Å²) in [6.45, 7) is 2.08. The summed E-state index contributed by atoms with van der Waals surface area (Å²) in [5.41, 5.74) is 6.08. The number of hydrogen-bond acceptors (Lipinski definition) is 4. The Kier molecular flexibility index (Phi) is 5.52. The van der Waals surface area contributed by atoms with E-state index in [1.807, 2.05) is 6.20 Å². The van der Waals surface area contributed by atoms with Crippen LogP contribution < -0.4 is 11.1 Å². The predicted octanol–water partition coefficient (Wildman–Crippen LogP) is -0.770. The molecule has 0 fully saturated rings. The highest BCUT2D eigenvalue weighted by Crippen LogP contribution is 1.97. The molecule has 0 aliphatic carbocycles. The molecule has 0 unspecified atom stereocenters. The van der Waals surface area contributed by atoms with Crippen molar-refractivity contribution in [2.75, 3.05) is 13.2 Å². The maximum atomic E-state index is 10.5. The normalized spacial score (nSPS) is 10.6. The number of carbonyl (C=O) groups excluding carboxylic acids is 1. The van der Waals surface area contributed by atoms with Crippen LogP contribution in [0.4, 0.5) is 0 Å². The quantitative estimate of drug-likeness (QED) is 0.507. The van der Waals surface area contributed by atoms with Gasteiger partial charge in [-0.05, 0) is 13.0 Å². The molecule has 1 amide bonds. The molecule has 1 rings (SSSR count). The second-order valence-corrected chi connectivity index (χ2v) is 3.58. The number of aromatic nitrogens is 2. The van der Waals surface area contributed by atoms with Crippen molar-refractivity contribution in [3.63, 3.8) is 0 Å². The van der Waals surface area contributed by atoms with Gasteiger partial charge >= 0.3 is 0 Å². The van der Waals surface area contributed by atoms with E-state index in [-0.39, 0.29) is 12.5 Å². The van der Waals surface area contributed by atoms with E-state index >= 15 is 0 Å². The summed E-state index contributed by atoms with van der Waals surface area (Å²) in [6, 6.07) is 0. The van der Waals surface area contributed by atoms with E-state index in [9.17, 15) is 4.79 Å². The standard InChI is InChI=1S/C10H18N4O2/c11-10(16)2-1-3-12-6-9-7-13-14(8-9)4-5-15/h7-8,12,15H,1-6H2,(H2,11,16). The van der Waals surface area contributed by atoms with Gasteiger partial charge < -0.3 is 16.2 Å². The Labute approximate surface area is 94.4 Å². The van der Waals surface area contributed by atoms with E-state index < -0.39 is 0 Å². The van der Waals surface area contributed by atoms with E-state index in [0.717, 1.165) is 18.5 Å². The van der Waals surface area contributed by atoms with Crippen LogP contribution in [0.25, 0.3) is 0 Å². The van der Waals surface area contributed by atoms with Crippen LogP contribution in [0.5, 0.6) is 0 Å². The number of aliphatic hydroxyl groups is 1. The van der Waals surface area contributed by atoms with Crippen LogP contribution in [-0.4, -0.2) is 33.9 Å². The molecule has 0 saturated carbocycles. The fraction of sp³-hybridized carbons (Fsp3) is 0.600. The average Bonchev–Trinajstić information content (AvgIpc) is 2.65. The van der Waals surface area contributed by atoms with Crippen LogP contribution in [-0.2, 0) is 17.9 Å². The fourth-order valence-corrected chi connectivity index (χ4v) is 1.34. The fourth-order valence-electron chi connectivity index (χ4n) is 1.34. The SMILES string of the molecule is NC(=O)CCCNCc1cnn(CCO)c1. The number of nitrogens with two attached hydrogens (primary N) is 1. The molecule has 90 valence electrons. The smallest absolute Gasteiger partial charge is 0.217 e. The first-order valence-electron chi connectivity index (χ1n) is 5.33. The Morgan fingerprint density at radius 1 is 1.62 bits per heavy atom. The van der Waals surface area contributed by atoms with Crippen LogP contribution >= 0.6 is 0 Å². The Morgan fingerprint density at radius 3 is 3.12 bits per heavy atom. The maximum absolute atomic E-state index is 10.5. The third-order valence-electron chi connectivity index (χ3n) is 2.12. The van der Waals surface area contributed by atoms with Gasteiger partial charge in [-0.15, -0.1) is 0 Å². The van der Waals surface area contributed by atoms with Crippen LogP contribution in [0.3, 0.4) is 0 Å². The van der Waals surface area contributed by atoms with Gasteiger partial charge in [-0.1, -0.05) is 0 Å². The summed E-state index contributed by atoms with van der Waals surface area (Å²) in [7, 11) is 0. The number of hydrogen-bond donors (Lipinski definition) is 3. The third kappa shape index (κ3) is 4.90. The van der Waals surface area contributed by atoms with Gasteiger partial charge in [0.2, 0.25) is 5.91 Å². The van der Waals surface area contributed by atoms with Gasteiger partial charge in [0.15, 0.2) is 0 Å². The molecular formula is C10H18N4O2. The summed E-state index contributed by atoms with van der Waals surface area (Å²) < 4.78 is 1.69. The van der Waals surface area contributed by atoms with Gasteiger partial charge in [0.1, 0.15) is 0 Å². The lowest BCUT2D eigenvalue weighted by atomic mass is 10.3. The van der Waals surface area contributed by atoms with Crippen molar-refractivity contribution >= 4 is 5.91 Å². The van der Waals surface area contributed by atoms with E-state index in [1.165, 1.54) is 0 Å². The minimum atomic E-state index is -0.266. The minimum Gasteiger partial charge on any atom is -0.394 e. The molecule has 0 atom stereocenters.